The van der Waals surface area contributed by atoms with E-state index in [-0.39, 0.29) is 6.10 Å². The lowest BCUT2D eigenvalue weighted by molar-refractivity contribution is 0.0887. The Morgan fingerprint density at radius 2 is 2.11 bits per heavy atom. The molecule has 4 nitrogen and oxygen atoms in total. The Morgan fingerprint density at radius 1 is 1.33 bits per heavy atom. The van der Waals surface area contributed by atoms with Gasteiger partial charge in [0, 0.05) is 7.11 Å². The van der Waals surface area contributed by atoms with Crippen molar-refractivity contribution in [1.29, 1.82) is 0 Å². The maximum atomic E-state index is 5.92. The average molecular weight is 253 g/mol. The van der Waals surface area contributed by atoms with Gasteiger partial charge in [-0.2, -0.15) is 0 Å². The second-order valence-electron chi connectivity index (χ2n) is 4.10. The topological polar surface area (TPSA) is 53.7 Å². The van der Waals surface area contributed by atoms with Crippen LogP contribution in [0.1, 0.15) is 19.4 Å². The normalized spacial score (nSPS) is 12.2. The third kappa shape index (κ3) is 4.20. The largest absolute Gasteiger partial charge is 0.490 e. The Balaban J connectivity index is 2.94. The van der Waals surface area contributed by atoms with Crippen molar-refractivity contribution in [3.8, 4) is 11.5 Å². The van der Waals surface area contributed by atoms with Gasteiger partial charge in [0.05, 0.1) is 13.2 Å². The first-order chi connectivity index (χ1) is 8.72. The second-order valence-corrected chi connectivity index (χ2v) is 4.10. The van der Waals surface area contributed by atoms with Crippen molar-refractivity contribution < 1.29 is 14.2 Å². The lowest BCUT2D eigenvalue weighted by Gasteiger charge is -2.19. The molecule has 0 fully saturated rings. The Hall–Kier alpha value is -1.26. The minimum atomic E-state index is -0.0202. The Morgan fingerprint density at radius 3 is 2.72 bits per heavy atom. The number of rotatable bonds is 8. The maximum Gasteiger partial charge on any atom is 0.164 e. The summed E-state index contributed by atoms with van der Waals surface area (Å²) in [5, 5.41) is 0. The van der Waals surface area contributed by atoms with Crippen LogP contribution in [0.25, 0.3) is 0 Å². The fourth-order valence-corrected chi connectivity index (χ4v) is 1.79. The number of methoxy groups -OCH3 is 1. The van der Waals surface area contributed by atoms with Crippen LogP contribution in [-0.2, 0) is 11.2 Å². The zero-order valence-electron chi connectivity index (χ0n) is 11.4. The van der Waals surface area contributed by atoms with Crippen molar-refractivity contribution in [1.82, 2.24) is 0 Å². The number of hydrogen-bond acceptors (Lipinski definition) is 4. The molecule has 0 aliphatic carbocycles. The molecule has 1 aromatic carbocycles. The van der Waals surface area contributed by atoms with Crippen LogP contribution in [0.3, 0.4) is 0 Å². The van der Waals surface area contributed by atoms with E-state index in [0.717, 1.165) is 23.5 Å². The minimum Gasteiger partial charge on any atom is -0.490 e. The van der Waals surface area contributed by atoms with Gasteiger partial charge in [-0.1, -0.05) is 12.1 Å². The summed E-state index contributed by atoms with van der Waals surface area (Å²) in [6.45, 7) is 5.67. The molecule has 2 N–H and O–H groups in total. The van der Waals surface area contributed by atoms with Gasteiger partial charge in [0.2, 0.25) is 0 Å². The van der Waals surface area contributed by atoms with Gasteiger partial charge in [-0.3, -0.25) is 0 Å². The van der Waals surface area contributed by atoms with Crippen molar-refractivity contribution in [2.24, 2.45) is 5.73 Å². The third-order valence-electron chi connectivity index (χ3n) is 2.49. The Kier molecular flexibility index (Phi) is 6.54. The number of ether oxygens (including phenoxy) is 3. The quantitative estimate of drug-likeness (QED) is 0.770. The van der Waals surface area contributed by atoms with E-state index >= 15 is 0 Å². The van der Waals surface area contributed by atoms with Gasteiger partial charge in [0.15, 0.2) is 11.5 Å². The van der Waals surface area contributed by atoms with Crippen molar-refractivity contribution >= 4 is 0 Å². The number of para-hydroxylation sites is 1. The predicted molar refractivity (Wildman–Crippen MR) is 72.3 cm³/mol. The number of nitrogens with two attached hydrogens (primary N) is 1. The highest BCUT2D eigenvalue weighted by atomic mass is 16.5. The zero-order chi connectivity index (χ0) is 13.4. The van der Waals surface area contributed by atoms with E-state index in [1.54, 1.807) is 7.11 Å². The van der Waals surface area contributed by atoms with Gasteiger partial charge in [-0.25, -0.2) is 0 Å². The van der Waals surface area contributed by atoms with Gasteiger partial charge in [0.1, 0.15) is 6.10 Å². The second kappa shape index (κ2) is 7.95. The summed E-state index contributed by atoms with van der Waals surface area (Å²) >= 11 is 0. The summed E-state index contributed by atoms with van der Waals surface area (Å²) in [7, 11) is 1.66. The number of benzene rings is 1. The molecule has 0 saturated heterocycles. The van der Waals surface area contributed by atoms with Crippen LogP contribution >= 0.6 is 0 Å². The summed E-state index contributed by atoms with van der Waals surface area (Å²) in [5.74, 6) is 1.56. The average Bonchev–Trinajstić information content (AvgIpc) is 2.34. The molecular weight excluding hydrogens is 230 g/mol. The van der Waals surface area contributed by atoms with E-state index in [1.165, 1.54) is 0 Å². The highest BCUT2D eigenvalue weighted by molar-refractivity contribution is 5.47. The highest BCUT2D eigenvalue weighted by Crippen LogP contribution is 2.32. The van der Waals surface area contributed by atoms with Crippen LogP contribution < -0.4 is 15.2 Å². The van der Waals surface area contributed by atoms with Crippen LogP contribution in [-0.4, -0.2) is 33.0 Å². The van der Waals surface area contributed by atoms with E-state index in [9.17, 15) is 0 Å². The molecule has 1 aromatic rings. The molecule has 1 rings (SSSR count). The molecule has 4 heteroatoms. The molecule has 0 spiro atoms. The van der Waals surface area contributed by atoms with Gasteiger partial charge in [0.25, 0.3) is 0 Å². The SMILES string of the molecule is CCOc1cccc(CCN)c1OC(C)COC. The summed E-state index contributed by atoms with van der Waals surface area (Å²) in [6, 6.07) is 5.90. The van der Waals surface area contributed by atoms with Crippen molar-refractivity contribution in [2.45, 2.75) is 26.4 Å². The predicted octanol–water partition coefficient (Wildman–Crippen LogP) is 2.00. The zero-order valence-corrected chi connectivity index (χ0v) is 11.4. The smallest absolute Gasteiger partial charge is 0.164 e. The van der Waals surface area contributed by atoms with E-state index in [0.29, 0.717) is 19.8 Å². The lowest BCUT2D eigenvalue weighted by Crippen LogP contribution is -2.19. The van der Waals surface area contributed by atoms with Crippen LogP contribution in [0.2, 0.25) is 0 Å². The molecule has 0 heterocycles. The summed E-state index contributed by atoms with van der Waals surface area (Å²) in [4.78, 5) is 0. The molecule has 0 aliphatic heterocycles. The molecule has 1 atom stereocenters. The molecule has 0 bridgehead atoms. The monoisotopic (exact) mass is 253 g/mol. The highest BCUT2D eigenvalue weighted by Gasteiger charge is 2.13. The van der Waals surface area contributed by atoms with Gasteiger partial charge in [-0.15, -0.1) is 0 Å². The summed E-state index contributed by atoms with van der Waals surface area (Å²) < 4.78 is 16.6. The molecule has 1 unspecified atom stereocenters. The van der Waals surface area contributed by atoms with Gasteiger partial charge in [-0.05, 0) is 38.4 Å². The summed E-state index contributed by atoms with van der Waals surface area (Å²) in [6.07, 6.45) is 0.754. The van der Waals surface area contributed by atoms with Crippen molar-refractivity contribution in [3.63, 3.8) is 0 Å². The first-order valence-electron chi connectivity index (χ1n) is 6.33. The first kappa shape index (κ1) is 14.8. The van der Waals surface area contributed by atoms with Crippen LogP contribution in [0.4, 0.5) is 0 Å². The van der Waals surface area contributed by atoms with E-state index in [2.05, 4.69) is 0 Å². The fraction of sp³-hybridized carbons (Fsp3) is 0.571. The molecule has 102 valence electrons. The Labute approximate surface area is 109 Å². The molecular formula is C14H23NO3. The third-order valence-corrected chi connectivity index (χ3v) is 2.49. The van der Waals surface area contributed by atoms with Crippen LogP contribution in [0.5, 0.6) is 11.5 Å². The Bertz CT molecular complexity index is 331. The van der Waals surface area contributed by atoms with E-state index < -0.39 is 0 Å². The van der Waals surface area contributed by atoms with Crippen molar-refractivity contribution in [3.05, 3.63) is 23.8 Å². The van der Waals surface area contributed by atoms with Gasteiger partial charge >= 0.3 is 0 Å². The molecule has 0 amide bonds. The molecule has 0 saturated carbocycles. The summed E-state index contributed by atoms with van der Waals surface area (Å²) in [5.41, 5.74) is 6.70. The molecule has 0 radical (unpaired) electrons. The molecule has 0 aromatic heterocycles. The van der Waals surface area contributed by atoms with E-state index in [1.807, 2.05) is 32.0 Å². The lowest BCUT2D eigenvalue weighted by atomic mass is 10.1. The first-order valence-corrected chi connectivity index (χ1v) is 6.33. The molecule has 0 aliphatic rings. The minimum absolute atomic E-state index is 0.0202. The standard InChI is InChI=1S/C14H23NO3/c1-4-17-13-7-5-6-12(8-9-15)14(13)18-11(2)10-16-3/h5-7,11H,4,8-10,15H2,1-3H3. The number of hydrogen-bond donors (Lipinski definition) is 1. The van der Waals surface area contributed by atoms with Crippen molar-refractivity contribution in [2.75, 3.05) is 26.9 Å². The van der Waals surface area contributed by atoms with E-state index in [4.69, 9.17) is 19.9 Å². The molecule has 18 heavy (non-hydrogen) atoms. The van der Waals surface area contributed by atoms with Gasteiger partial charge < -0.3 is 19.9 Å². The van der Waals surface area contributed by atoms with Crippen LogP contribution in [0.15, 0.2) is 18.2 Å². The van der Waals surface area contributed by atoms with Crippen LogP contribution in [0, 0.1) is 0 Å². The maximum absolute atomic E-state index is 5.92. The fourth-order valence-electron chi connectivity index (χ4n) is 1.79.